The molecule has 1 aliphatic heterocycles. The molecule has 6 heteroatoms. The average molecular weight is 404 g/mol. The largest absolute Gasteiger partial charge is 0.478 e. The number of hydrogen-bond acceptors (Lipinski definition) is 3. The van der Waals surface area contributed by atoms with Crippen LogP contribution in [0.4, 0.5) is 0 Å². The molecule has 0 atom stereocenters. The Morgan fingerprint density at radius 1 is 0.967 bits per heavy atom. The van der Waals surface area contributed by atoms with Crippen molar-refractivity contribution in [2.75, 3.05) is 26.3 Å². The molecular formula is C24H24N2O4. The van der Waals surface area contributed by atoms with Crippen molar-refractivity contribution in [1.82, 2.24) is 9.47 Å². The molecule has 2 aromatic carbocycles. The van der Waals surface area contributed by atoms with Crippen LogP contribution in [-0.4, -0.2) is 52.8 Å². The highest BCUT2D eigenvalue weighted by molar-refractivity contribution is 5.95. The highest BCUT2D eigenvalue weighted by atomic mass is 16.5. The fraction of sp³-hybridized carbons (Fsp3) is 0.250. The van der Waals surface area contributed by atoms with Crippen molar-refractivity contribution in [3.05, 3.63) is 77.1 Å². The number of carboxylic acid groups (broad SMARTS) is 1. The summed E-state index contributed by atoms with van der Waals surface area (Å²) < 4.78 is 7.28. The first kappa shape index (κ1) is 19.9. The molecule has 1 aliphatic rings. The first-order chi connectivity index (χ1) is 14.5. The summed E-state index contributed by atoms with van der Waals surface area (Å²) in [7, 11) is 0. The summed E-state index contributed by atoms with van der Waals surface area (Å²) in [5.41, 5.74) is 5.35. The number of amides is 1. The minimum absolute atomic E-state index is 0.0151. The zero-order valence-corrected chi connectivity index (χ0v) is 17.1. The van der Waals surface area contributed by atoms with Crippen LogP contribution in [-0.2, 0) is 4.74 Å². The van der Waals surface area contributed by atoms with Crippen LogP contribution < -0.4 is 0 Å². The lowest BCUT2D eigenvalue weighted by atomic mass is 10.0. The smallest absolute Gasteiger partial charge is 0.337 e. The molecule has 1 saturated heterocycles. The first-order valence-electron chi connectivity index (χ1n) is 9.96. The standard InChI is InChI=1S/C24H24N2O4/c1-16-15-21(24(28)29)17(2)26(16)22-6-4-3-5-20(22)18-7-9-19(10-8-18)23(27)25-11-13-30-14-12-25/h3-10,15H,11-14H2,1-2H3,(H,28,29). The van der Waals surface area contributed by atoms with Crippen molar-refractivity contribution in [2.24, 2.45) is 0 Å². The number of carboxylic acids is 1. The number of rotatable bonds is 4. The van der Waals surface area contributed by atoms with Crippen LogP contribution in [0.1, 0.15) is 32.1 Å². The van der Waals surface area contributed by atoms with Gasteiger partial charge in [0.25, 0.3) is 5.91 Å². The van der Waals surface area contributed by atoms with Gasteiger partial charge >= 0.3 is 5.97 Å². The summed E-state index contributed by atoms with van der Waals surface area (Å²) in [6.45, 7) is 6.09. The van der Waals surface area contributed by atoms with Gasteiger partial charge in [-0.25, -0.2) is 4.79 Å². The molecule has 0 aliphatic carbocycles. The molecule has 0 unspecified atom stereocenters. The molecule has 0 saturated carbocycles. The normalized spacial score (nSPS) is 14.0. The Hall–Kier alpha value is -3.38. The summed E-state index contributed by atoms with van der Waals surface area (Å²) in [6.07, 6.45) is 0. The second-order valence-electron chi connectivity index (χ2n) is 7.42. The Kier molecular flexibility index (Phi) is 5.42. The maximum atomic E-state index is 12.7. The second-order valence-corrected chi connectivity index (χ2v) is 7.42. The summed E-state index contributed by atoms with van der Waals surface area (Å²) in [6, 6.07) is 17.2. The predicted octanol–water partition coefficient (Wildman–Crippen LogP) is 3.93. The minimum atomic E-state index is -0.933. The van der Waals surface area contributed by atoms with Crippen molar-refractivity contribution in [3.8, 4) is 16.8 Å². The monoisotopic (exact) mass is 404 g/mol. The number of aromatic carboxylic acids is 1. The van der Waals surface area contributed by atoms with Crippen molar-refractivity contribution in [1.29, 1.82) is 0 Å². The van der Waals surface area contributed by atoms with E-state index in [1.54, 1.807) is 6.07 Å². The van der Waals surface area contributed by atoms with Crippen molar-refractivity contribution >= 4 is 11.9 Å². The van der Waals surface area contributed by atoms with Crippen molar-refractivity contribution < 1.29 is 19.4 Å². The molecule has 154 valence electrons. The van der Waals surface area contributed by atoms with Crippen LogP contribution in [0.15, 0.2) is 54.6 Å². The molecule has 1 fully saturated rings. The van der Waals surface area contributed by atoms with Gasteiger partial charge in [0.1, 0.15) is 0 Å². The van der Waals surface area contributed by atoms with E-state index < -0.39 is 5.97 Å². The van der Waals surface area contributed by atoms with Gasteiger partial charge in [0.15, 0.2) is 0 Å². The Balaban J connectivity index is 1.70. The third-order valence-corrected chi connectivity index (χ3v) is 5.55. The van der Waals surface area contributed by atoms with E-state index in [1.807, 2.05) is 71.8 Å². The number of hydrogen-bond donors (Lipinski definition) is 1. The summed E-state index contributed by atoms with van der Waals surface area (Å²) in [4.78, 5) is 26.1. The van der Waals surface area contributed by atoms with Gasteiger partial charge in [0, 0.05) is 35.6 Å². The Morgan fingerprint density at radius 2 is 1.63 bits per heavy atom. The van der Waals surface area contributed by atoms with E-state index in [0.717, 1.165) is 22.5 Å². The topological polar surface area (TPSA) is 71.8 Å². The third kappa shape index (κ3) is 3.62. The van der Waals surface area contributed by atoms with Gasteiger partial charge in [0.05, 0.1) is 24.5 Å². The van der Waals surface area contributed by atoms with Gasteiger partial charge in [0.2, 0.25) is 0 Å². The van der Waals surface area contributed by atoms with Crippen LogP contribution >= 0.6 is 0 Å². The number of nitrogens with zero attached hydrogens (tertiary/aromatic N) is 2. The fourth-order valence-corrected chi connectivity index (χ4v) is 4.00. The van der Waals surface area contributed by atoms with Crippen LogP contribution in [0.25, 0.3) is 16.8 Å². The van der Waals surface area contributed by atoms with Gasteiger partial charge in [-0.2, -0.15) is 0 Å². The summed E-state index contributed by atoms with van der Waals surface area (Å²) >= 11 is 0. The van der Waals surface area contributed by atoms with Crippen LogP contribution in [0.5, 0.6) is 0 Å². The van der Waals surface area contributed by atoms with Gasteiger partial charge in [-0.15, -0.1) is 0 Å². The van der Waals surface area contributed by atoms with Crippen LogP contribution in [0, 0.1) is 13.8 Å². The molecule has 0 bridgehead atoms. The van der Waals surface area contributed by atoms with Gasteiger partial charge in [-0.1, -0.05) is 30.3 Å². The lowest BCUT2D eigenvalue weighted by molar-refractivity contribution is 0.0303. The molecule has 0 radical (unpaired) electrons. The lowest BCUT2D eigenvalue weighted by Gasteiger charge is -2.27. The van der Waals surface area contributed by atoms with Crippen molar-refractivity contribution in [3.63, 3.8) is 0 Å². The van der Waals surface area contributed by atoms with E-state index in [9.17, 15) is 14.7 Å². The summed E-state index contributed by atoms with van der Waals surface area (Å²) in [5.74, 6) is -0.917. The number of carbonyl (C=O) groups excluding carboxylic acids is 1. The number of carbonyl (C=O) groups is 2. The van der Waals surface area contributed by atoms with E-state index in [4.69, 9.17) is 4.74 Å². The second kappa shape index (κ2) is 8.16. The lowest BCUT2D eigenvalue weighted by Crippen LogP contribution is -2.40. The van der Waals surface area contributed by atoms with E-state index in [1.165, 1.54) is 0 Å². The SMILES string of the molecule is Cc1cc(C(=O)O)c(C)n1-c1ccccc1-c1ccc(C(=O)N2CCOCC2)cc1. The van der Waals surface area contributed by atoms with E-state index in [-0.39, 0.29) is 5.91 Å². The number of benzene rings is 2. The number of para-hydroxylation sites is 1. The molecule has 4 rings (SSSR count). The minimum Gasteiger partial charge on any atom is -0.478 e. The van der Waals surface area contributed by atoms with E-state index >= 15 is 0 Å². The first-order valence-corrected chi connectivity index (χ1v) is 9.96. The average Bonchev–Trinajstić information content (AvgIpc) is 3.08. The number of aryl methyl sites for hydroxylation is 1. The number of aromatic nitrogens is 1. The number of morpholine rings is 1. The van der Waals surface area contributed by atoms with Gasteiger partial charge in [-0.05, 0) is 43.7 Å². The summed E-state index contributed by atoms with van der Waals surface area (Å²) in [5, 5.41) is 9.47. The maximum absolute atomic E-state index is 12.7. The van der Waals surface area contributed by atoms with E-state index in [2.05, 4.69) is 0 Å². The fourth-order valence-electron chi connectivity index (χ4n) is 4.00. The van der Waals surface area contributed by atoms with Crippen LogP contribution in [0.3, 0.4) is 0 Å². The highest BCUT2D eigenvalue weighted by Gasteiger charge is 2.20. The highest BCUT2D eigenvalue weighted by Crippen LogP contribution is 2.30. The van der Waals surface area contributed by atoms with E-state index in [0.29, 0.717) is 43.1 Å². The predicted molar refractivity (Wildman–Crippen MR) is 114 cm³/mol. The Bertz CT molecular complexity index is 1090. The molecule has 1 aromatic heterocycles. The molecule has 30 heavy (non-hydrogen) atoms. The van der Waals surface area contributed by atoms with Gasteiger partial charge in [-0.3, -0.25) is 4.79 Å². The quantitative estimate of drug-likeness (QED) is 0.715. The van der Waals surface area contributed by atoms with Gasteiger partial charge < -0.3 is 19.3 Å². The molecule has 3 aromatic rings. The Labute approximate surface area is 175 Å². The molecule has 1 amide bonds. The molecular weight excluding hydrogens is 380 g/mol. The van der Waals surface area contributed by atoms with Crippen LogP contribution in [0.2, 0.25) is 0 Å². The maximum Gasteiger partial charge on any atom is 0.337 e. The molecule has 2 heterocycles. The molecule has 6 nitrogen and oxygen atoms in total. The third-order valence-electron chi connectivity index (χ3n) is 5.55. The zero-order valence-electron chi connectivity index (χ0n) is 17.1. The number of ether oxygens (including phenoxy) is 1. The zero-order chi connectivity index (χ0) is 21.3. The molecule has 0 spiro atoms. The Morgan fingerprint density at radius 3 is 2.27 bits per heavy atom. The van der Waals surface area contributed by atoms with Crippen molar-refractivity contribution in [2.45, 2.75) is 13.8 Å². The molecule has 1 N–H and O–H groups in total.